The summed E-state index contributed by atoms with van der Waals surface area (Å²) in [6, 6.07) is 0. The average Bonchev–Trinajstić information content (AvgIpc) is 3.03. The normalized spacial score (nSPS) is 16.3. The van der Waals surface area contributed by atoms with E-state index in [2.05, 4.69) is 20.1 Å². The molecular weight excluding hydrogens is 358 g/mol. The van der Waals surface area contributed by atoms with Crippen molar-refractivity contribution in [3.05, 3.63) is 12.4 Å². The van der Waals surface area contributed by atoms with Gasteiger partial charge in [0.1, 0.15) is 6.54 Å². The van der Waals surface area contributed by atoms with Crippen LogP contribution < -0.4 is 14.9 Å². The van der Waals surface area contributed by atoms with Gasteiger partial charge in [0.2, 0.25) is 15.9 Å². The predicted octanol–water partition coefficient (Wildman–Crippen LogP) is -1.03. The average molecular weight is 385 g/mol. The van der Waals surface area contributed by atoms with Crippen LogP contribution in [-0.2, 0) is 21.9 Å². The molecule has 2 rings (SSSR count). The van der Waals surface area contributed by atoms with Crippen molar-refractivity contribution in [2.75, 3.05) is 49.9 Å². The molecule has 1 aliphatic rings. The molecule has 146 valence electrons. The molecule has 1 saturated heterocycles. The Balaban J connectivity index is 1.95. The smallest absolute Gasteiger partial charge is 0.246 e. The fourth-order valence-electron chi connectivity index (χ4n) is 2.57. The summed E-state index contributed by atoms with van der Waals surface area (Å²) in [5.41, 5.74) is 0.785. The standard InChI is InChI=1S/C15H27N7O3S/c1-4-16-15(17-6-7-19-26(24,25)5-2)21-8-9-22(14(23)12-21)13-10-18-20(3)11-13/h10-11,19H,4-9,12H2,1-3H3,(H,16,17). The number of carbonyl (C=O) groups is 1. The van der Waals surface area contributed by atoms with Gasteiger partial charge in [-0.3, -0.25) is 14.5 Å². The third kappa shape index (κ3) is 5.43. The molecule has 0 radical (unpaired) electrons. The summed E-state index contributed by atoms with van der Waals surface area (Å²) in [7, 11) is -1.41. The lowest BCUT2D eigenvalue weighted by atomic mass is 10.3. The largest absolute Gasteiger partial charge is 0.357 e. The van der Waals surface area contributed by atoms with Gasteiger partial charge in [0.25, 0.3) is 0 Å². The Kier molecular flexibility index (Phi) is 6.98. The first-order valence-corrected chi connectivity index (χ1v) is 10.3. The van der Waals surface area contributed by atoms with Crippen LogP contribution in [0, 0.1) is 0 Å². The maximum atomic E-state index is 12.5. The van der Waals surface area contributed by atoms with E-state index in [1.165, 1.54) is 0 Å². The van der Waals surface area contributed by atoms with Crippen LogP contribution in [0.4, 0.5) is 5.69 Å². The Bertz CT molecular complexity index is 744. The summed E-state index contributed by atoms with van der Waals surface area (Å²) in [5, 5.41) is 7.26. The van der Waals surface area contributed by atoms with Crippen molar-refractivity contribution in [2.45, 2.75) is 13.8 Å². The topological polar surface area (TPSA) is 112 Å². The second-order valence-corrected chi connectivity index (χ2v) is 7.97. The van der Waals surface area contributed by atoms with Crippen LogP contribution in [0.15, 0.2) is 17.4 Å². The minimum atomic E-state index is -3.22. The highest BCUT2D eigenvalue weighted by atomic mass is 32.2. The zero-order valence-corrected chi connectivity index (χ0v) is 16.3. The molecule has 0 bridgehead atoms. The van der Waals surface area contributed by atoms with Gasteiger partial charge in [-0.15, -0.1) is 0 Å². The minimum absolute atomic E-state index is 0.0264. The second-order valence-electron chi connectivity index (χ2n) is 5.87. The van der Waals surface area contributed by atoms with Crippen molar-refractivity contribution in [1.82, 2.24) is 24.7 Å². The molecule has 2 N–H and O–H groups in total. The Hall–Kier alpha value is -2.14. The summed E-state index contributed by atoms with van der Waals surface area (Å²) in [5.74, 6) is 0.630. The van der Waals surface area contributed by atoms with Gasteiger partial charge >= 0.3 is 0 Å². The van der Waals surface area contributed by atoms with E-state index in [1.54, 1.807) is 22.7 Å². The van der Waals surface area contributed by atoms with Gasteiger partial charge in [-0.25, -0.2) is 13.1 Å². The van der Waals surface area contributed by atoms with E-state index in [-0.39, 0.29) is 24.7 Å². The monoisotopic (exact) mass is 385 g/mol. The van der Waals surface area contributed by atoms with E-state index in [9.17, 15) is 13.2 Å². The molecule has 1 aromatic rings. The highest BCUT2D eigenvalue weighted by Crippen LogP contribution is 2.16. The van der Waals surface area contributed by atoms with E-state index >= 15 is 0 Å². The zero-order chi connectivity index (χ0) is 19.2. The maximum Gasteiger partial charge on any atom is 0.246 e. The van der Waals surface area contributed by atoms with Gasteiger partial charge in [0, 0.05) is 39.4 Å². The van der Waals surface area contributed by atoms with Crippen molar-refractivity contribution in [1.29, 1.82) is 0 Å². The Labute approximate surface area is 154 Å². The number of anilines is 1. The van der Waals surface area contributed by atoms with Gasteiger partial charge in [-0.05, 0) is 13.8 Å². The number of aromatic nitrogens is 2. The number of aliphatic imine (C=N–C) groups is 1. The first kappa shape index (κ1) is 20.2. The first-order chi connectivity index (χ1) is 12.4. The van der Waals surface area contributed by atoms with E-state index in [0.29, 0.717) is 32.1 Å². The second kappa shape index (κ2) is 8.99. The number of aryl methyl sites for hydroxylation is 1. The fraction of sp³-hybridized carbons (Fsp3) is 0.667. The number of nitrogens with zero attached hydrogens (tertiary/aromatic N) is 5. The van der Waals surface area contributed by atoms with Gasteiger partial charge in [-0.2, -0.15) is 5.10 Å². The van der Waals surface area contributed by atoms with Crippen LogP contribution in [0.25, 0.3) is 0 Å². The highest BCUT2D eigenvalue weighted by molar-refractivity contribution is 7.89. The van der Waals surface area contributed by atoms with E-state index in [4.69, 9.17) is 0 Å². The molecule has 1 aromatic heterocycles. The minimum Gasteiger partial charge on any atom is -0.357 e. The molecule has 0 aromatic carbocycles. The van der Waals surface area contributed by atoms with Gasteiger partial charge < -0.3 is 15.1 Å². The molecule has 0 spiro atoms. The molecule has 1 fully saturated rings. The fourth-order valence-corrected chi connectivity index (χ4v) is 3.17. The summed E-state index contributed by atoms with van der Waals surface area (Å²) in [6.45, 7) is 6.11. The lowest BCUT2D eigenvalue weighted by molar-refractivity contribution is -0.120. The van der Waals surface area contributed by atoms with Crippen LogP contribution in [0.1, 0.15) is 13.8 Å². The summed E-state index contributed by atoms with van der Waals surface area (Å²) in [4.78, 5) is 20.5. The Morgan fingerprint density at radius 2 is 2.12 bits per heavy atom. The first-order valence-electron chi connectivity index (χ1n) is 8.66. The highest BCUT2D eigenvalue weighted by Gasteiger charge is 2.27. The number of guanidine groups is 1. The molecule has 0 saturated carbocycles. The third-order valence-corrected chi connectivity index (χ3v) is 5.34. The SMILES string of the molecule is CCNC(=NCCNS(=O)(=O)CC)N1CCN(c2cnn(C)c2)C(=O)C1. The van der Waals surface area contributed by atoms with Crippen LogP contribution >= 0.6 is 0 Å². The molecule has 0 atom stereocenters. The van der Waals surface area contributed by atoms with Crippen LogP contribution in [0.3, 0.4) is 0 Å². The number of sulfonamides is 1. The number of hydrogen-bond acceptors (Lipinski definition) is 5. The van der Waals surface area contributed by atoms with Crippen molar-refractivity contribution < 1.29 is 13.2 Å². The lowest BCUT2D eigenvalue weighted by Gasteiger charge is -2.35. The van der Waals surface area contributed by atoms with Crippen LogP contribution in [0.2, 0.25) is 0 Å². The van der Waals surface area contributed by atoms with Gasteiger partial charge in [0.15, 0.2) is 5.96 Å². The molecule has 1 amide bonds. The number of carbonyl (C=O) groups excluding carboxylic acids is 1. The van der Waals surface area contributed by atoms with Gasteiger partial charge in [0.05, 0.1) is 24.2 Å². The van der Waals surface area contributed by atoms with Crippen molar-refractivity contribution in [3.8, 4) is 0 Å². The molecule has 1 aliphatic heterocycles. The zero-order valence-electron chi connectivity index (χ0n) is 15.5. The summed E-state index contributed by atoms with van der Waals surface area (Å²) >= 11 is 0. The molecule has 26 heavy (non-hydrogen) atoms. The van der Waals surface area contributed by atoms with Gasteiger partial charge in [-0.1, -0.05) is 0 Å². The number of nitrogens with one attached hydrogen (secondary N) is 2. The molecule has 11 heteroatoms. The van der Waals surface area contributed by atoms with E-state index in [0.717, 1.165) is 5.69 Å². The van der Waals surface area contributed by atoms with Crippen LogP contribution in [0.5, 0.6) is 0 Å². The predicted molar refractivity (Wildman–Crippen MR) is 101 cm³/mol. The molecule has 2 heterocycles. The van der Waals surface area contributed by atoms with Crippen LogP contribution in [-0.4, -0.2) is 80.0 Å². The molecular formula is C15H27N7O3S. The Morgan fingerprint density at radius 3 is 2.69 bits per heavy atom. The number of piperazine rings is 1. The molecule has 10 nitrogen and oxygen atoms in total. The number of amides is 1. The van der Waals surface area contributed by atoms with E-state index < -0.39 is 10.0 Å². The van der Waals surface area contributed by atoms with Crippen molar-refractivity contribution in [2.24, 2.45) is 12.0 Å². The third-order valence-electron chi connectivity index (χ3n) is 3.93. The van der Waals surface area contributed by atoms with Crippen molar-refractivity contribution in [3.63, 3.8) is 0 Å². The number of hydrogen-bond donors (Lipinski definition) is 2. The molecule has 0 aliphatic carbocycles. The van der Waals surface area contributed by atoms with E-state index in [1.807, 2.05) is 25.1 Å². The lowest BCUT2D eigenvalue weighted by Crippen LogP contribution is -2.55. The van der Waals surface area contributed by atoms with Crippen molar-refractivity contribution >= 4 is 27.6 Å². The quantitative estimate of drug-likeness (QED) is 0.353. The summed E-state index contributed by atoms with van der Waals surface area (Å²) in [6.07, 6.45) is 3.49. The Morgan fingerprint density at radius 1 is 1.35 bits per heavy atom. The number of rotatable bonds is 7. The molecule has 0 unspecified atom stereocenters. The maximum absolute atomic E-state index is 12.5. The summed E-state index contributed by atoms with van der Waals surface area (Å²) < 4.78 is 27.0.